The standard InChI is InChI=1S/C28H37N3O2/c1-27-13-11-23-21(8-10-24-28(23,2)14-12-25(32)31(24)3)22(27)9-7-20(27)17-30-26(33)19-6-4-5-18(15-19)16-29/h4-6,15,20-24H,7-14,17H2,1-3H3,(H,30,33)/t20?,21-,22-,23+,24?,27+,28+/m0/s1. The van der Waals surface area contributed by atoms with Crippen molar-refractivity contribution < 1.29 is 9.59 Å². The number of hydrogen-bond acceptors (Lipinski definition) is 3. The van der Waals surface area contributed by atoms with Crippen LogP contribution in [0.25, 0.3) is 0 Å². The molecule has 5 rings (SSSR count). The summed E-state index contributed by atoms with van der Waals surface area (Å²) < 4.78 is 0. The second-order valence-corrected chi connectivity index (χ2v) is 11.7. The zero-order valence-corrected chi connectivity index (χ0v) is 20.3. The number of likely N-dealkylation sites (tertiary alicyclic amines) is 1. The molecule has 4 fully saturated rings. The van der Waals surface area contributed by atoms with Crippen LogP contribution in [0.15, 0.2) is 24.3 Å². The maximum absolute atomic E-state index is 12.8. The van der Waals surface area contributed by atoms with Gasteiger partial charge in [0.15, 0.2) is 0 Å². The van der Waals surface area contributed by atoms with Crippen LogP contribution in [0.3, 0.4) is 0 Å². The topological polar surface area (TPSA) is 73.2 Å². The van der Waals surface area contributed by atoms with Crippen molar-refractivity contribution in [1.29, 1.82) is 5.26 Å². The molecule has 1 aliphatic heterocycles. The van der Waals surface area contributed by atoms with Crippen LogP contribution in [0.5, 0.6) is 0 Å². The normalized spacial score (nSPS) is 39.8. The number of benzene rings is 1. The molecule has 33 heavy (non-hydrogen) atoms. The highest BCUT2D eigenvalue weighted by Gasteiger charge is 2.60. The lowest BCUT2D eigenvalue weighted by Crippen LogP contribution is -2.61. The molecule has 1 heterocycles. The van der Waals surface area contributed by atoms with Crippen molar-refractivity contribution in [2.75, 3.05) is 13.6 Å². The molecule has 176 valence electrons. The van der Waals surface area contributed by atoms with E-state index < -0.39 is 0 Å². The van der Waals surface area contributed by atoms with Crippen LogP contribution in [-0.2, 0) is 4.79 Å². The van der Waals surface area contributed by atoms with Crippen molar-refractivity contribution in [3.63, 3.8) is 0 Å². The number of nitrogens with zero attached hydrogens (tertiary/aromatic N) is 2. The summed E-state index contributed by atoms with van der Waals surface area (Å²) in [6.07, 6.45) is 9.05. The van der Waals surface area contributed by atoms with Gasteiger partial charge in [0.05, 0.1) is 11.6 Å². The molecule has 2 unspecified atom stereocenters. The Labute approximate surface area is 197 Å². The molecule has 1 N–H and O–H groups in total. The largest absolute Gasteiger partial charge is 0.352 e. The van der Waals surface area contributed by atoms with Gasteiger partial charge >= 0.3 is 0 Å². The maximum Gasteiger partial charge on any atom is 0.251 e. The summed E-state index contributed by atoms with van der Waals surface area (Å²) in [6.45, 7) is 5.68. The summed E-state index contributed by atoms with van der Waals surface area (Å²) in [5, 5.41) is 12.3. The smallest absolute Gasteiger partial charge is 0.251 e. The second kappa shape index (κ2) is 8.15. The van der Waals surface area contributed by atoms with Crippen LogP contribution < -0.4 is 5.32 Å². The van der Waals surface area contributed by atoms with Crippen LogP contribution in [0, 0.1) is 45.8 Å². The Hall–Kier alpha value is -2.35. The van der Waals surface area contributed by atoms with E-state index in [9.17, 15) is 9.59 Å². The number of nitrogens with one attached hydrogen (secondary N) is 1. The van der Waals surface area contributed by atoms with E-state index in [-0.39, 0.29) is 16.7 Å². The molecule has 0 aromatic heterocycles. The van der Waals surface area contributed by atoms with Gasteiger partial charge in [0.1, 0.15) is 0 Å². The summed E-state index contributed by atoms with van der Waals surface area (Å²) in [5.74, 6) is 2.95. The molecule has 3 saturated carbocycles. The number of amides is 2. The van der Waals surface area contributed by atoms with E-state index in [0.29, 0.717) is 41.3 Å². The van der Waals surface area contributed by atoms with E-state index in [2.05, 4.69) is 30.1 Å². The van der Waals surface area contributed by atoms with Gasteiger partial charge in [-0.25, -0.2) is 0 Å². The first-order valence-corrected chi connectivity index (χ1v) is 12.8. The second-order valence-electron chi connectivity index (χ2n) is 11.7. The van der Waals surface area contributed by atoms with Gasteiger partial charge in [-0.05, 0) is 97.6 Å². The van der Waals surface area contributed by atoms with Gasteiger partial charge in [-0.3, -0.25) is 9.59 Å². The average Bonchev–Trinajstić information content (AvgIpc) is 3.16. The van der Waals surface area contributed by atoms with Crippen molar-refractivity contribution in [2.45, 2.75) is 71.3 Å². The predicted molar refractivity (Wildman–Crippen MR) is 127 cm³/mol. The number of nitriles is 1. The summed E-state index contributed by atoms with van der Waals surface area (Å²) in [7, 11) is 2.03. The van der Waals surface area contributed by atoms with Gasteiger partial charge in [-0.1, -0.05) is 19.9 Å². The Morgan fingerprint density at radius 1 is 1.12 bits per heavy atom. The fourth-order valence-electron chi connectivity index (χ4n) is 8.64. The quantitative estimate of drug-likeness (QED) is 0.725. The number of piperidine rings is 1. The minimum absolute atomic E-state index is 0.0734. The molecular formula is C28H37N3O2. The van der Waals surface area contributed by atoms with Crippen molar-refractivity contribution >= 4 is 11.8 Å². The Kier molecular flexibility index (Phi) is 5.54. The fourth-order valence-corrected chi connectivity index (χ4v) is 8.64. The first-order valence-electron chi connectivity index (χ1n) is 12.8. The summed E-state index contributed by atoms with van der Waals surface area (Å²) in [5.41, 5.74) is 1.63. The van der Waals surface area contributed by atoms with E-state index in [0.717, 1.165) is 31.2 Å². The van der Waals surface area contributed by atoms with Gasteiger partial charge in [-0.15, -0.1) is 0 Å². The van der Waals surface area contributed by atoms with Gasteiger partial charge in [0.2, 0.25) is 5.91 Å². The number of hydrogen-bond donors (Lipinski definition) is 1. The van der Waals surface area contributed by atoms with Crippen molar-refractivity contribution in [3.05, 3.63) is 35.4 Å². The van der Waals surface area contributed by atoms with Gasteiger partial charge in [0, 0.05) is 31.6 Å². The monoisotopic (exact) mass is 447 g/mol. The SMILES string of the molecule is CN1C(=O)CC[C@@]2(C)C1CC[C@@H]1[C@H]2CC[C@]2(C)C(CNC(=O)c3cccc(C#N)c3)CC[C@@H]12. The molecule has 2 amide bonds. The van der Waals surface area contributed by atoms with Crippen LogP contribution in [0.1, 0.15) is 81.1 Å². The van der Waals surface area contributed by atoms with Gasteiger partial charge in [-0.2, -0.15) is 5.26 Å². The van der Waals surface area contributed by atoms with Crippen molar-refractivity contribution in [1.82, 2.24) is 10.2 Å². The Morgan fingerprint density at radius 3 is 2.70 bits per heavy atom. The molecule has 1 aromatic carbocycles. The summed E-state index contributed by atoms with van der Waals surface area (Å²) in [6, 6.07) is 9.48. The number of rotatable bonds is 3. The minimum atomic E-state index is -0.0734. The molecule has 0 radical (unpaired) electrons. The van der Waals surface area contributed by atoms with E-state index in [1.54, 1.807) is 24.3 Å². The zero-order chi connectivity index (χ0) is 23.4. The third kappa shape index (κ3) is 3.49. The summed E-state index contributed by atoms with van der Waals surface area (Å²) >= 11 is 0. The Morgan fingerprint density at radius 2 is 1.91 bits per heavy atom. The fraction of sp³-hybridized carbons (Fsp3) is 0.679. The first kappa shape index (κ1) is 22.4. The van der Waals surface area contributed by atoms with Crippen molar-refractivity contribution in [3.8, 4) is 6.07 Å². The maximum atomic E-state index is 12.8. The third-order valence-corrected chi connectivity index (χ3v) is 10.5. The van der Waals surface area contributed by atoms with Crippen LogP contribution in [-0.4, -0.2) is 36.3 Å². The molecular weight excluding hydrogens is 410 g/mol. The van der Waals surface area contributed by atoms with Crippen LogP contribution in [0.4, 0.5) is 0 Å². The zero-order valence-electron chi connectivity index (χ0n) is 20.3. The Balaban J connectivity index is 1.28. The molecule has 5 heteroatoms. The predicted octanol–water partition coefficient (Wildman–Crippen LogP) is 4.77. The highest BCUT2D eigenvalue weighted by atomic mass is 16.2. The van der Waals surface area contributed by atoms with Crippen LogP contribution >= 0.6 is 0 Å². The molecule has 1 aromatic rings. The van der Waals surface area contributed by atoms with Crippen LogP contribution in [0.2, 0.25) is 0 Å². The van der Waals surface area contributed by atoms with Crippen molar-refractivity contribution in [2.24, 2.45) is 34.5 Å². The minimum Gasteiger partial charge on any atom is -0.352 e. The molecule has 4 aliphatic rings. The molecule has 3 aliphatic carbocycles. The lowest BCUT2D eigenvalue weighted by Gasteiger charge is -2.61. The highest BCUT2D eigenvalue weighted by molar-refractivity contribution is 5.94. The van der Waals surface area contributed by atoms with E-state index in [1.807, 2.05) is 7.05 Å². The molecule has 7 atom stereocenters. The van der Waals surface area contributed by atoms with Gasteiger partial charge < -0.3 is 10.2 Å². The first-order chi connectivity index (χ1) is 15.8. The molecule has 1 saturated heterocycles. The van der Waals surface area contributed by atoms with E-state index in [4.69, 9.17) is 5.26 Å². The highest BCUT2D eigenvalue weighted by Crippen LogP contribution is 2.66. The lowest BCUT2D eigenvalue weighted by molar-refractivity contribution is -0.158. The molecule has 0 bridgehead atoms. The van der Waals surface area contributed by atoms with E-state index >= 15 is 0 Å². The van der Waals surface area contributed by atoms with Gasteiger partial charge in [0.25, 0.3) is 5.91 Å². The Bertz CT molecular complexity index is 999. The lowest BCUT2D eigenvalue weighted by atomic mass is 9.47. The average molecular weight is 448 g/mol. The number of carbonyl (C=O) groups excluding carboxylic acids is 2. The number of fused-ring (bicyclic) bond motifs is 5. The van der Waals surface area contributed by atoms with E-state index in [1.165, 1.54) is 32.1 Å². The number of carbonyl (C=O) groups is 2. The molecule has 0 spiro atoms. The third-order valence-electron chi connectivity index (χ3n) is 10.5. The molecule has 5 nitrogen and oxygen atoms in total. The summed E-state index contributed by atoms with van der Waals surface area (Å²) in [4.78, 5) is 27.2.